The predicted octanol–water partition coefficient (Wildman–Crippen LogP) is -0.309. The molecule has 8 heteroatoms. The van der Waals surface area contributed by atoms with Crippen LogP contribution in [-0.2, 0) is 14.8 Å². The molecule has 0 bridgehead atoms. The molecule has 2 N–H and O–H groups in total. The summed E-state index contributed by atoms with van der Waals surface area (Å²) in [5, 5.41) is 13.9. The van der Waals surface area contributed by atoms with Crippen LogP contribution in [0, 0.1) is 0 Å². The van der Waals surface area contributed by atoms with E-state index in [1.54, 1.807) is 0 Å². The highest BCUT2D eigenvalue weighted by molar-refractivity contribution is 7.94. The van der Waals surface area contributed by atoms with Crippen molar-refractivity contribution in [3.8, 4) is 0 Å². The van der Waals surface area contributed by atoms with Gasteiger partial charge in [0.1, 0.15) is 0 Å². The first-order valence-electron chi connectivity index (χ1n) is 3.95. The third-order valence-corrected chi connectivity index (χ3v) is 3.26. The van der Waals surface area contributed by atoms with Crippen LogP contribution in [0.25, 0.3) is 0 Å². The van der Waals surface area contributed by atoms with Crippen molar-refractivity contribution in [2.45, 2.75) is 12.2 Å². The van der Waals surface area contributed by atoms with Gasteiger partial charge in [-0.1, -0.05) is 0 Å². The molecule has 0 radical (unpaired) electrons. The fourth-order valence-electron chi connectivity index (χ4n) is 0.723. The SMILES string of the molecule is CC(C(=O)O)S(=O)(=O)Nc1cccnn1. The van der Waals surface area contributed by atoms with E-state index < -0.39 is 21.2 Å². The second-order valence-electron chi connectivity index (χ2n) is 2.74. The van der Waals surface area contributed by atoms with Gasteiger partial charge in [0.2, 0.25) is 10.0 Å². The lowest BCUT2D eigenvalue weighted by Crippen LogP contribution is -2.32. The molecule has 1 atom stereocenters. The van der Waals surface area contributed by atoms with Crippen LogP contribution in [-0.4, -0.2) is 34.9 Å². The van der Waals surface area contributed by atoms with Gasteiger partial charge in [-0.05, 0) is 19.1 Å². The third kappa shape index (κ3) is 2.88. The van der Waals surface area contributed by atoms with Gasteiger partial charge in [0.25, 0.3) is 0 Å². The molecule has 7 nitrogen and oxygen atoms in total. The zero-order chi connectivity index (χ0) is 11.5. The predicted molar refractivity (Wildman–Crippen MR) is 51.7 cm³/mol. The highest BCUT2D eigenvalue weighted by Crippen LogP contribution is 2.07. The zero-order valence-corrected chi connectivity index (χ0v) is 8.60. The quantitative estimate of drug-likeness (QED) is 0.735. The summed E-state index contributed by atoms with van der Waals surface area (Å²) in [5.74, 6) is -1.43. The molecule has 0 saturated carbocycles. The molecule has 1 aromatic heterocycles. The van der Waals surface area contributed by atoms with Crippen molar-refractivity contribution in [2.24, 2.45) is 0 Å². The maximum atomic E-state index is 11.4. The molecular formula is C7H9N3O4S. The average Bonchev–Trinajstić information content (AvgIpc) is 2.17. The Balaban J connectivity index is 2.87. The monoisotopic (exact) mass is 231 g/mol. The molecule has 0 aromatic carbocycles. The number of nitrogens with zero attached hydrogens (tertiary/aromatic N) is 2. The number of hydrogen-bond acceptors (Lipinski definition) is 5. The van der Waals surface area contributed by atoms with Crippen LogP contribution in [0.15, 0.2) is 18.3 Å². The largest absolute Gasteiger partial charge is 0.480 e. The molecule has 1 rings (SSSR count). The van der Waals surface area contributed by atoms with Gasteiger partial charge in [0.15, 0.2) is 11.1 Å². The topological polar surface area (TPSA) is 109 Å². The molecule has 0 aliphatic heterocycles. The smallest absolute Gasteiger partial charge is 0.323 e. The first-order valence-corrected chi connectivity index (χ1v) is 5.50. The van der Waals surface area contributed by atoms with E-state index in [2.05, 4.69) is 10.2 Å². The summed E-state index contributed by atoms with van der Waals surface area (Å²) >= 11 is 0. The molecule has 0 aliphatic rings. The maximum absolute atomic E-state index is 11.4. The molecule has 0 spiro atoms. The minimum absolute atomic E-state index is 0.00870. The Kier molecular flexibility index (Phi) is 3.20. The summed E-state index contributed by atoms with van der Waals surface area (Å²) in [6.45, 7) is 1.07. The lowest BCUT2D eigenvalue weighted by atomic mass is 10.5. The van der Waals surface area contributed by atoms with Gasteiger partial charge < -0.3 is 5.11 Å². The number of sulfonamides is 1. The fourth-order valence-corrected chi connectivity index (χ4v) is 1.57. The van der Waals surface area contributed by atoms with Crippen LogP contribution in [0.4, 0.5) is 5.82 Å². The second-order valence-corrected chi connectivity index (χ2v) is 4.74. The van der Waals surface area contributed by atoms with Gasteiger partial charge in [-0.25, -0.2) is 8.42 Å². The Bertz CT molecular complexity index is 445. The van der Waals surface area contributed by atoms with Crippen molar-refractivity contribution < 1.29 is 18.3 Å². The number of anilines is 1. The lowest BCUT2D eigenvalue weighted by Gasteiger charge is -2.09. The van der Waals surface area contributed by atoms with Crippen LogP contribution in [0.3, 0.4) is 0 Å². The van der Waals surface area contributed by atoms with Crippen molar-refractivity contribution in [2.75, 3.05) is 4.72 Å². The molecule has 0 aliphatic carbocycles. The number of nitrogens with one attached hydrogen (secondary N) is 1. The third-order valence-electron chi connectivity index (χ3n) is 1.63. The van der Waals surface area contributed by atoms with Crippen LogP contribution in [0.5, 0.6) is 0 Å². The summed E-state index contributed by atoms with van der Waals surface area (Å²) in [7, 11) is -3.96. The second kappa shape index (κ2) is 4.22. The van der Waals surface area contributed by atoms with Crippen molar-refractivity contribution in [1.29, 1.82) is 0 Å². The van der Waals surface area contributed by atoms with E-state index in [0.29, 0.717) is 0 Å². The summed E-state index contributed by atoms with van der Waals surface area (Å²) < 4.78 is 24.8. The number of rotatable bonds is 4. The molecule has 1 unspecified atom stereocenters. The number of aliphatic carboxylic acids is 1. The standard InChI is InChI=1S/C7H9N3O4S/c1-5(7(11)12)15(13,14)10-6-3-2-4-8-9-6/h2-5H,1H3,(H,9,10)(H,11,12). The summed E-state index contributed by atoms with van der Waals surface area (Å²) in [4.78, 5) is 10.5. The van der Waals surface area contributed by atoms with E-state index in [1.807, 2.05) is 4.72 Å². The highest BCUT2D eigenvalue weighted by atomic mass is 32.2. The average molecular weight is 231 g/mol. The van der Waals surface area contributed by atoms with Gasteiger partial charge in [-0.3, -0.25) is 9.52 Å². The van der Waals surface area contributed by atoms with Crippen molar-refractivity contribution >= 4 is 21.8 Å². The molecule has 1 aromatic rings. The van der Waals surface area contributed by atoms with E-state index in [4.69, 9.17) is 5.11 Å². The summed E-state index contributed by atoms with van der Waals surface area (Å²) in [6, 6.07) is 2.86. The van der Waals surface area contributed by atoms with Crippen LogP contribution < -0.4 is 4.72 Å². The van der Waals surface area contributed by atoms with Gasteiger partial charge >= 0.3 is 5.97 Å². The van der Waals surface area contributed by atoms with Gasteiger partial charge in [-0.15, -0.1) is 5.10 Å². The van der Waals surface area contributed by atoms with Crippen LogP contribution in [0.1, 0.15) is 6.92 Å². The number of carboxylic acids is 1. The molecule has 0 fully saturated rings. The molecule has 0 saturated heterocycles. The number of carbonyl (C=O) groups is 1. The van der Waals surface area contributed by atoms with Crippen molar-refractivity contribution in [3.63, 3.8) is 0 Å². The summed E-state index contributed by atoms with van der Waals surface area (Å²) in [6.07, 6.45) is 1.37. The van der Waals surface area contributed by atoms with Gasteiger partial charge in [0, 0.05) is 6.20 Å². The Morgan fingerprint density at radius 2 is 2.27 bits per heavy atom. The van der Waals surface area contributed by atoms with Gasteiger partial charge in [-0.2, -0.15) is 5.10 Å². The fraction of sp³-hybridized carbons (Fsp3) is 0.286. The van der Waals surface area contributed by atoms with E-state index in [-0.39, 0.29) is 5.82 Å². The van der Waals surface area contributed by atoms with Crippen LogP contribution >= 0.6 is 0 Å². The first kappa shape index (κ1) is 11.4. The highest BCUT2D eigenvalue weighted by Gasteiger charge is 2.27. The molecular weight excluding hydrogens is 222 g/mol. The molecule has 15 heavy (non-hydrogen) atoms. The number of aromatic nitrogens is 2. The lowest BCUT2D eigenvalue weighted by molar-refractivity contribution is -0.136. The zero-order valence-electron chi connectivity index (χ0n) is 7.78. The minimum Gasteiger partial charge on any atom is -0.480 e. The molecule has 0 amide bonds. The Morgan fingerprint density at radius 3 is 2.73 bits per heavy atom. The Labute approximate surface area is 86.2 Å². The van der Waals surface area contributed by atoms with Crippen molar-refractivity contribution in [1.82, 2.24) is 10.2 Å². The first-order chi connectivity index (χ1) is 6.93. The molecule has 82 valence electrons. The van der Waals surface area contributed by atoms with E-state index in [1.165, 1.54) is 18.3 Å². The van der Waals surface area contributed by atoms with E-state index >= 15 is 0 Å². The Hall–Kier alpha value is -1.70. The number of hydrogen-bond donors (Lipinski definition) is 2. The van der Waals surface area contributed by atoms with Crippen molar-refractivity contribution in [3.05, 3.63) is 18.3 Å². The van der Waals surface area contributed by atoms with E-state index in [9.17, 15) is 13.2 Å². The molecule has 1 heterocycles. The van der Waals surface area contributed by atoms with E-state index in [0.717, 1.165) is 6.92 Å². The summed E-state index contributed by atoms with van der Waals surface area (Å²) in [5.41, 5.74) is 0. The number of carboxylic acid groups (broad SMARTS) is 1. The Morgan fingerprint density at radius 1 is 1.60 bits per heavy atom. The normalized spacial score (nSPS) is 13.1. The maximum Gasteiger partial charge on any atom is 0.323 e. The van der Waals surface area contributed by atoms with Crippen LogP contribution in [0.2, 0.25) is 0 Å². The minimum atomic E-state index is -3.96. The van der Waals surface area contributed by atoms with Gasteiger partial charge in [0.05, 0.1) is 0 Å².